The molecule has 0 aliphatic heterocycles. The molecule has 2 N–H and O–H groups in total. The lowest BCUT2D eigenvalue weighted by Crippen LogP contribution is -2.09. The van der Waals surface area contributed by atoms with Crippen LogP contribution < -0.4 is 10.5 Å². The lowest BCUT2D eigenvalue weighted by Gasteiger charge is -2.09. The average molecular weight is 357 g/mol. The Morgan fingerprint density at radius 1 is 1.21 bits per heavy atom. The van der Waals surface area contributed by atoms with Crippen LogP contribution in [0.3, 0.4) is 0 Å². The molecule has 0 saturated heterocycles. The van der Waals surface area contributed by atoms with Crippen LogP contribution in [0.25, 0.3) is 0 Å². The number of halogens is 2. The smallest absolute Gasteiger partial charge is 0.128 e. The first-order valence-electron chi connectivity index (χ1n) is 5.51. The first kappa shape index (κ1) is 14.3. The second-order valence-corrected chi connectivity index (χ2v) is 5.72. The maximum atomic E-state index is 6.09. The first-order chi connectivity index (χ1) is 8.97. The first-order valence-corrected chi connectivity index (χ1v) is 7.08. The maximum Gasteiger partial charge on any atom is 0.128 e. The summed E-state index contributed by atoms with van der Waals surface area (Å²) in [5, 5.41) is 0.485. The highest BCUT2D eigenvalue weighted by atomic mass is 79.9. The fraction of sp³-hybridized carbons (Fsp3) is 0.0714. The van der Waals surface area contributed by atoms with E-state index in [-0.39, 0.29) is 4.99 Å². The molecule has 2 aromatic carbocycles. The largest absolute Gasteiger partial charge is 0.457 e. The topological polar surface area (TPSA) is 35.2 Å². The number of aryl methyl sites for hydroxylation is 1. The number of thiocarbonyl (C=S) groups is 1. The van der Waals surface area contributed by atoms with E-state index < -0.39 is 0 Å². The van der Waals surface area contributed by atoms with Gasteiger partial charge in [0.05, 0.1) is 5.02 Å². The predicted octanol–water partition coefficient (Wildman–Crippen LogP) is 4.84. The van der Waals surface area contributed by atoms with Crippen LogP contribution in [0.1, 0.15) is 11.1 Å². The average Bonchev–Trinajstić information content (AvgIpc) is 2.33. The number of benzene rings is 2. The van der Waals surface area contributed by atoms with Gasteiger partial charge in [-0.25, -0.2) is 0 Å². The highest BCUT2D eigenvalue weighted by Crippen LogP contribution is 2.29. The lowest BCUT2D eigenvalue weighted by molar-refractivity contribution is 0.482. The molecule has 98 valence electrons. The third-order valence-electron chi connectivity index (χ3n) is 2.57. The van der Waals surface area contributed by atoms with Gasteiger partial charge in [-0.15, -0.1) is 0 Å². The summed E-state index contributed by atoms with van der Waals surface area (Å²) in [5.41, 5.74) is 7.30. The minimum atomic E-state index is 0.274. The molecule has 0 aliphatic carbocycles. The fourth-order valence-electron chi connectivity index (χ4n) is 1.58. The molecule has 2 nitrogen and oxygen atoms in total. The van der Waals surface area contributed by atoms with Crippen LogP contribution in [0.15, 0.2) is 40.9 Å². The summed E-state index contributed by atoms with van der Waals surface area (Å²) >= 11 is 14.4. The molecule has 0 heterocycles. The van der Waals surface area contributed by atoms with Crippen molar-refractivity contribution in [1.29, 1.82) is 0 Å². The van der Waals surface area contributed by atoms with Crippen molar-refractivity contribution in [2.45, 2.75) is 6.92 Å². The van der Waals surface area contributed by atoms with Crippen LogP contribution in [0.2, 0.25) is 5.02 Å². The highest BCUT2D eigenvalue weighted by molar-refractivity contribution is 9.10. The fourth-order valence-corrected chi connectivity index (χ4v) is 2.33. The molecule has 0 saturated carbocycles. The molecule has 0 aromatic heterocycles. The van der Waals surface area contributed by atoms with Gasteiger partial charge in [0, 0.05) is 16.1 Å². The van der Waals surface area contributed by atoms with Crippen molar-refractivity contribution < 1.29 is 4.74 Å². The van der Waals surface area contributed by atoms with Gasteiger partial charge in [0.25, 0.3) is 0 Å². The van der Waals surface area contributed by atoms with E-state index >= 15 is 0 Å². The summed E-state index contributed by atoms with van der Waals surface area (Å²) < 4.78 is 6.78. The van der Waals surface area contributed by atoms with E-state index in [1.54, 1.807) is 18.2 Å². The molecular formula is C14H11BrClNOS. The number of nitrogens with two attached hydrogens (primary N) is 1. The van der Waals surface area contributed by atoms with Crippen molar-refractivity contribution in [3.8, 4) is 11.5 Å². The molecule has 2 aromatic rings. The normalized spacial score (nSPS) is 10.3. The van der Waals surface area contributed by atoms with Gasteiger partial charge in [-0.2, -0.15) is 0 Å². The number of rotatable bonds is 3. The Balaban J connectivity index is 2.26. The van der Waals surface area contributed by atoms with Gasteiger partial charge in [-0.3, -0.25) is 0 Å². The summed E-state index contributed by atoms with van der Waals surface area (Å²) in [7, 11) is 0. The van der Waals surface area contributed by atoms with Crippen molar-refractivity contribution in [1.82, 2.24) is 0 Å². The van der Waals surface area contributed by atoms with E-state index in [2.05, 4.69) is 15.9 Å². The monoisotopic (exact) mass is 355 g/mol. The predicted molar refractivity (Wildman–Crippen MR) is 86.3 cm³/mol. The van der Waals surface area contributed by atoms with E-state index in [1.165, 1.54) is 0 Å². The molecule has 0 aliphatic rings. The van der Waals surface area contributed by atoms with Crippen LogP contribution in [0.4, 0.5) is 0 Å². The molecule has 0 spiro atoms. The summed E-state index contributed by atoms with van der Waals surface area (Å²) in [6.07, 6.45) is 0. The zero-order valence-corrected chi connectivity index (χ0v) is 13.3. The quantitative estimate of drug-likeness (QED) is 0.799. The molecule has 0 fully saturated rings. The Kier molecular flexibility index (Phi) is 4.45. The number of hydrogen-bond acceptors (Lipinski definition) is 2. The van der Waals surface area contributed by atoms with Gasteiger partial charge in [0.15, 0.2) is 0 Å². The molecule has 0 amide bonds. The summed E-state index contributed by atoms with van der Waals surface area (Å²) in [5.74, 6) is 1.39. The van der Waals surface area contributed by atoms with Crippen molar-refractivity contribution in [2.75, 3.05) is 0 Å². The Bertz CT molecular complexity index is 645. The third-order valence-corrected chi connectivity index (χ3v) is 3.99. The lowest BCUT2D eigenvalue weighted by atomic mass is 10.2. The number of hydrogen-bond donors (Lipinski definition) is 1. The Morgan fingerprint density at radius 3 is 2.42 bits per heavy atom. The molecule has 0 atom stereocenters. The van der Waals surface area contributed by atoms with Gasteiger partial charge in [-0.1, -0.05) is 39.7 Å². The van der Waals surface area contributed by atoms with Crippen LogP contribution in [0, 0.1) is 6.92 Å². The molecular weight excluding hydrogens is 346 g/mol. The Labute approximate surface area is 130 Å². The summed E-state index contributed by atoms with van der Waals surface area (Å²) in [6.45, 7) is 2.00. The molecule has 0 unspecified atom stereocenters. The standard InChI is InChI=1S/C14H11BrClNOS/c1-8-6-9(3-5-12(8)15)18-10-2-4-11(14(17)19)13(16)7-10/h2-7H,1H3,(H2,17,19). The van der Waals surface area contributed by atoms with Crippen molar-refractivity contribution >= 4 is 44.7 Å². The van der Waals surface area contributed by atoms with Crippen LogP contribution in [-0.4, -0.2) is 4.99 Å². The van der Waals surface area contributed by atoms with Crippen LogP contribution >= 0.6 is 39.7 Å². The second kappa shape index (κ2) is 5.90. The minimum absolute atomic E-state index is 0.274. The molecule has 19 heavy (non-hydrogen) atoms. The second-order valence-electron chi connectivity index (χ2n) is 4.02. The van der Waals surface area contributed by atoms with Crippen LogP contribution in [0.5, 0.6) is 11.5 Å². The Hall–Kier alpha value is -1.10. The molecule has 5 heteroatoms. The zero-order chi connectivity index (χ0) is 14.0. The number of ether oxygens (including phenoxy) is 1. The third kappa shape index (κ3) is 3.47. The van der Waals surface area contributed by atoms with Gasteiger partial charge >= 0.3 is 0 Å². The van der Waals surface area contributed by atoms with Crippen molar-refractivity contribution in [3.05, 3.63) is 57.0 Å². The van der Waals surface area contributed by atoms with E-state index in [0.717, 1.165) is 15.8 Å². The zero-order valence-electron chi connectivity index (χ0n) is 10.1. The molecule has 0 bridgehead atoms. The molecule has 0 radical (unpaired) electrons. The highest BCUT2D eigenvalue weighted by Gasteiger charge is 2.06. The summed E-state index contributed by atoms with van der Waals surface area (Å²) in [4.78, 5) is 0.274. The van der Waals surface area contributed by atoms with Gasteiger partial charge < -0.3 is 10.5 Å². The van der Waals surface area contributed by atoms with E-state index in [0.29, 0.717) is 16.3 Å². The van der Waals surface area contributed by atoms with Crippen LogP contribution in [-0.2, 0) is 0 Å². The SMILES string of the molecule is Cc1cc(Oc2ccc(C(N)=S)c(Cl)c2)ccc1Br. The van der Waals surface area contributed by atoms with E-state index in [1.807, 2.05) is 25.1 Å². The van der Waals surface area contributed by atoms with E-state index in [9.17, 15) is 0 Å². The van der Waals surface area contributed by atoms with Crippen molar-refractivity contribution in [2.24, 2.45) is 5.73 Å². The van der Waals surface area contributed by atoms with E-state index in [4.69, 9.17) is 34.3 Å². The minimum Gasteiger partial charge on any atom is -0.457 e. The summed E-state index contributed by atoms with van der Waals surface area (Å²) in [6, 6.07) is 11.0. The molecule has 2 rings (SSSR count). The van der Waals surface area contributed by atoms with Crippen molar-refractivity contribution in [3.63, 3.8) is 0 Å². The maximum absolute atomic E-state index is 6.09. The van der Waals surface area contributed by atoms with Gasteiger partial charge in [0.2, 0.25) is 0 Å². The van der Waals surface area contributed by atoms with Gasteiger partial charge in [0.1, 0.15) is 16.5 Å². The van der Waals surface area contributed by atoms with Gasteiger partial charge in [-0.05, 0) is 42.8 Å². The Morgan fingerprint density at radius 2 is 1.84 bits per heavy atom.